The summed E-state index contributed by atoms with van der Waals surface area (Å²) in [5.41, 5.74) is 1.08. The molecule has 0 radical (unpaired) electrons. The summed E-state index contributed by atoms with van der Waals surface area (Å²) in [6.45, 7) is 1.72. The van der Waals surface area contributed by atoms with Crippen molar-refractivity contribution in [3.05, 3.63) is 29.5 Å². The smallest absolute Gasteiger partial charge is 0.255 e. The molecule has 2 rings (SSSR count). The van der Waals surface area contributed by atoms with E-state index in [-0.39, 0.29) is 11.7 Å². The Bertz CT molecular complexity index is 528. The van der Waals surface area contributed by atoms with Crippen LogP contribution >= 0.6 is 0 Å². The van der Waals surface area contributed by atoms with Crippen molar-refractivity contribution in [2.75, 3.05) is 7.05 Å². The number of phenolic OH excluding ortho intramolecular Hbond substituents is 1. The molecule has 0 unspecified atom stereocenters. The van der Waals surface area contributed by atoms with Crippen LogP contribution in [0.1, 0.15) is 16.1 Å². The molecule has 1 aromatic carbocycles. The third-order valence-electron chi connectivity index (χ3n) is 2.30. The predicted molar refractivity (Wildman–Crippen MR) is 56.0 cm³/mol. The number of furan rings is 1. The van der Waals surface area contributed by atoms with Crippen molar-refractivity contribution in [3.8, 4) is 5.75 Å². The zero-order chi connectivity index (χ0) is 11.0. The summed E-state index contributed by atoms with van der Waals surface area (Å²) in [6.07, 6.45) is 0. The first kappa shape index (κ1) is 9.58. The number of carbonyl (C=O) groups is 1. The Labute approximate surface area is 86.5 Å². The molecule has 4 heteroatoms. The summed E-state index contributed by atoms with van der Waals surface area (Å²) in [6, 6.07) is 4.69. The standard InChI is InChI=1S/C11H11NO3/c1-6-10(11(14)12-2)8-5-7(13)3-4-9(8)15-6/h3-5,13H,1-2H3,(H,12,14). The van der Waals surface area contributed by atoms with E-state index in [9.17, 15) is 9.90 Å². The molecule has 1 aromatic heterocycles. The van der Waals surface area contributed by atoms with Gasteiger partial charge in [-0.1, -0.05) is 0 Å². The summed E-state index contributed by atoms with van der Waals surface area (Å²) in [4.78, 5) is 11.6. The van der Waals surface area contributed by atoms with E-state index in [4.69, 9.17) is 4.42 Å². The molecule has 4 nitrogen and oxygen atoms in total. The second kappa shape index (κ2) is 3.31. The van der Waals surface area contributed by atoms with Gasteiger partial charge in [-0.25, -0.2) is 0 Å². The Balaban J connectivity index is 2.76. The van der Waals surface area contributed by atoms with E-state index >= 15 is 0 Å². The van der Waals surface area contributed by atoms with Crippen LogP contribution in [0.15, 0.2) is 22.6 Å². The molecule has 0 bridgehead atoms. The summed E-state index contributed by atoms with van der Waals surface area (Å²) < 4.78 is 5.41. The lowest BCUT2D eigenvalue weighted by molar-refractivity contribution is 0.0963. The van der Waals surface area contributed by atoms with E-state index in [1.54, 1.807) is 20.0 Å². The lowest BCUT2D eigenvalue weighted by atomic mass is 10.1. The average molecular weight is 205 g/mol. The van der Waals surface area contributed by atoms with Gasteiger partial charge in [-0.05, 0) is 25.1 Å². The van der Waals surface area contributed by atoms with Gasteiger partial charge in [-0.2, -0.15) is 0 Å². The lowest BCUT2D eigenvalue weighted by Crippen LogP contribution is -2.18. The number of rotatable bonds is 1. The summed E-state index contributed by atoms with van der Waals surface area (Å²) in [7, 11) is 1.56. The highest BCUT2D eigenvalue weighted by Crippen LogP contribution is 2.28. The molecule has 0 saturated carbocycles. The van der Waals surface area contributed by atoms with Crippen molar-refractivity contribution in [1.82, 2.24) is 5.32 Å². The monoisotopic (exact) mass is 205 g/mol. The first-order chi connectivity index (χ1) is 7.13. The fourth-order valence-electron chi connectivity index (χ4n) is 1.62. The van der Waals surface area contributed by atoms with Crippen molar-refractivity contribution < 1.29 is 14.3 Å². The molecule has 0 aliphatic rings. The number of aryl methyl sites for hydroxylation is 1. The molecule has 0 fully saturated rings. The lowest BCUT2D eigenvalue weighted by Gasteiger charge is -1.97. The second-order valence-corrected chi connectivity index (χ2v) is 3.29. The summed E-state index contributed by atoms with van der Waals surface area (Å²) in [5, 5.41) is 12.5. The van der Waals surface area contributed by atoms with Gasteiger partial charge in [-0.3, -0.25) is 4.79 Å². The first-order valence-corrected chi connectivity index (χ1v) is 4.57. The number of phenols is 1. The number of amides is 1. The molecule has 1 amide bonds. The van der Waals surface area contributed by atoms with E-state index in [1.165, 1.54) is 12.1 Å². The van der Waals surface area contributed by atoms with E-state index < -0.39 is 0 Å². The van der Waals surface area contributed by atoms with Crippen LogP contribution in [0.25, 0.3) is 11.0 Å². The molecule has 2 N–H and O–H groups in total. The van der Waals surface area contributed by atoms with Gasteiger partial charge >= 0.3 is 0 Å². The Morgan fingerprint density at radius 1 is 1.47 bits per heavy atom. The van der Waals surface area contributed by atoms with Crippen LogP contribution in [0.3, 0.4) is 0 Å². The Morgan fingerprint density at radius 3 is 2.87 bits per heavy atom. The molecule has 1 heterocycles. The van der Waals surface area contributed by atoms with Crippen LogP contribution in [0.4, 0.5) is 0 Å². The van der Waals surface area contributed by atoms with Gasteiger partial charge in [0.25, 0.3) is 5.91 Å². The van der Waals surface area contributed by atoms with Gasteiger partial charge < -0.3 is 14.8 Å². The Morgan fingerprint density at radius 2 is 2.20 bits per heavy atom. The quantitative estimate of drug-likeness (QED) is 0.746. The van der Waals surface area contributed by atoms with Crippen LogP contribution in [-0.4, -0.2) is 18.1 Å². The van der Waals surface area contributed by atoms with E-state index in [2.05, 4.69) is 5.32 Å². The number of carbonyl (C=O) groups excluding carboxylic acids is 1. The number of hydrogen-bond donors (Lipinski definition) is 2. The van der Waals surface area contributed by atoms with Crippen LogP contribution in [0, 0.1) is 6.92 Å². The van der Waals surface area contributed by atoms with E-state index in [0.717, 1.165) is 0 Å². The van der Waals surface area contributed by atoms with Gasteiger partial charge in [0.05, 0.1) is 5.56 Å². The number of aromatic hydroxyl groups is 1. The van der Waals surface area contributed by atoms with Gasteiger partial charge in [0.1, 0.15) is 17.1 Å². The maximum atomic E-state index is 11.6. The van der Waals surface area contributed by atoms with E-state index in [0.29, 0.717) is 22.3 Å². The van der Waals surface area contributed by atoms with Crippen molar-refractivity contribution >= 4 is 16.9 Å². The zero-order valence-corrected chi connectivity index (χ0v) is 8.50. The fourth-order valence-corrected chi connectivity index (χ4v) is 1.62. The molecular weight excluding hydrogens is 194 g/mol. The topological polar surface area (TPSA) is 62.5 Å². The van der Waals surface area contributed by atoms with Gasteiger partial charge in [-0.15, -0.1) is 0 Å². The summed E-state index contributed by atoms with van der Waals surface area (Å²) >= 11 is 0. The predicted octanol–water partition coefficient (Wildman–Crippen LogP) is 1.81. The van der Waals surface area contributed by atoms with Crippen LogP contribution < -0.4 is 5.32 Å². The molecule has 0 atom stereocenters. The highest BCUT2D eigenvalue weighted by Gasteiger charge is 2.17. The number of fused-ring (bicyclic) bond motifs is 1. The largest absolute Gasteiger partial charge is 0.508 e. The minimum Gasteiger partial charge on any atom is -0.508 e. The van der Waals surface area contributed by atoms with Crippen LogP contribution in [0.2, 0.25) is 0 Å². The van der Waals surface area contributed by atoms with Crippen molar-refractivity contribution in [2.45, 2.75) is 6.92 Å². The van der Waals surface area contributed by atoms with Crippen molar-refractivity contribution in [1.29, 1.82) is 0 Å². The molecule has 0 spiro atoms. The third-order valence-corrected chi connectivity index (χ3v) is 2.30. The van der Waals surface area contributed by atoms with Crippen LogP contribution in [-0.2, 0) is 0 Å². The van der Waals surface area contributed by atoms with Crippen LogP contribution in [0.5, 0.6) is 5.75 Å². The molecule has 2 aromatic rings. The zero-order valence-electron chi connectivity index (χ0n) is 8.50. The Hall–Kier alpha value is -1.97. The number of hydrogen-bond acceptors (Lipinski definition) is 3. The minimum absolute atomic E-state index is 0.119. The minimum atomic E-state index is -0.211. The molecule has 0 saturated heterocycles. The molecule has 0 aliphatic carbocycles. The number of nitrogens with one attached hydrogen (secondary N) is 1. The molecule has 15 heavy (non-hydrogen) atoms. The number of benzene rings is 1. The highest BCUT2D eigenvalue weighted by molar-refractivity contribution is 6.07. The third kappa shape index (κ3) is 1.44. The van der Waals surface area contributed by atoms with Gasteiger partial charge in [0, 0.05) is 12.4 Å². The van der Waals surface area contributed by atoms with Gasteiger partial charge in [0.15, 0.2) is 0 Å². The van der Waals surface area contributed by atoms with E-state index in [1.807, 2.05) is 0 Å². The highest BCUT2D eigenvalue weighted by atomic mass is 16.3. The van der Waals surface area contributed by atoms with Crippen molar-refractivity contribution in [3.63, 3.8) is 0 Å². The Kier molecular flexibility index (Phi) is 2.11. The van der Waals surface area contributed by atoms with Crippen molar-refractivity contribution in [2.24, 2.45) is 0 Å². The maximum absolute atomic E-state index is 11.6. The SMILES string of the molecule is CNC(=O)c1c(C)oc2ccc(O)cc12. The molecule has 0 aliphatic heterocycles. The molecule has 78 valence electrons. The second-order valence-electron chi connectivity index (χ2n) is 3.29. The fraction of sp³-hybridized carbons (Fsp3) is 0.182. The molecular formula is C11H11NO3. The normalized spacial score (nSPS) is 10.5. The average Bonchev–Trinajstić information content (AvgIpc) is 2.52. The van der Waals surface area contributed by atoms with Gasteiger partial charge in [0.2, 0.25) is 0 Å². The first-order valence-electron chi connectivity index (χ1n) is 4.57. The maximum Gasteiger partial charge on any atom is 0.255 e. The summed E-state index contributed by atoms with van der Waals surface area (Å²) in [5.74, 6) is 0.459.